The summed E-state index contributed by atoms with van der Waals surface area (Å²) in [5, 5.41) is 20.7. The van der Waals surface area contributed by atoms with Gasteiger partial charge in [0.25, 0.3) is 5.91 Å². The van der Waals surface area contributed by atoms with E-state index in [1.54, 1.807) is 24.4 Å². The third-order valence-electron chi connectivity index (χ3n) is 3.61. The molecule has 2 aromatic rings. The number of rotatable bonds is 8. The maximum Gasteiger partial charge on any atom is 0.270 e. The monoisotopic (exact) mass is 358 g/mol. The Balaban J connectivity index is 2.17. The normalized spacial score (nSPS) is 11.5. The number of hydrogen-bond acceptors (Lipinski definition) is 7. The quantitative estimate of drug-likeness (QED) is 0.392. The van der Waals surface area contributed by atoms with Crippen molar-refractivity contribution < 1.29 is 19.7 Å². The molecule has 1 aromatic heterocycles. The first kappa shape index (κ1) is 19.4. The fraction of sp³-hybridized carbons (Fsp3) is 0.278. The molecule has 26 heavy (non-hydrogen) atoms. The first-order valence-corrected chi connectivity index (χ1v) is 8.01. The molecule has 0 aliphatic rings. The van der Waals surface area contributed by atoms with Crippen molar-refractivity contribution in [1.29, 1.82) is 0 Å². The maximum absolute atomic E-state index is 12.4. The van der Waals surface area contributed by atoms with Crippen molar-refractivity contribution in [2.24, 2.45) is 4.99 Å². The summed E-state index contributed by atoms with van der Waals surface area (Å²) >= 11 is 0. The van der Waals surface area contributed by atoms with Gasteiger partial charge in [0, 0.05) is 24.5 Å². The Kier molecular flexibility index (Phi) is 7.07. The number of nitrogens with one attached hydrogen (secondary N) is 1. The Bertz CT molecular complexity index is 761. The Morgan fingerprint density at radius 2 is 2.08 bits per heavy atom. The number of nitrogens with zero attached hydrogens (tertiary/aromatic N) is 2. The predicted octanol–water partition coefficient (Wildman–Crippen LogP) is 0.131. The van der Waals surface area contributed by atoms with Gasteiger partial charge in [-0.05, 0) is 30.3 Å². The summed E-state index contributed by atoms with van der Waals surface area (Å²) in [7, 11) is 1.46. The van der Waals surface area contributed by atoms with Crippen LogP contribution in [0.5, 0.6) is 5.75 Å². The molecule has 8 heteroatoms. The van der Waals surface area contributed by atoms with Crippen LogP contribution < -0.4 is 15.8 Å². The number of anilines is 1. The lowest BCUT2D eigenvalue weighted by atomic mass is 10.1. The van der Waals surface area contributed by atoms with Crippen LogP contribution in [0.25, 0.3) is 0 Å². The van der Waals surface area contributed by atoms with E-state index in [0.29, 0.717) is 17.0 Å². The van der Waals surface area contributed by atoms with E-state index in [9.17, 15) is 4.79 Å². The largest absolute Gasteiger partial charge is 0.487 e. The summed E-state index contributed by atoms with van der Waals surface area (Å²) in [6, 6.07) is 9.68. The minimum absolute atomic E-state index is 0.0812. The van der Waals surface area contributed by atoms with Crippen LogP contribution in [0.15, 0.2) is 47.6 Å². The molecule has 1 heterocycles. The van der Waals surface area contributed by atoms with E-state index < -0.39 is 11.9 Å². The highest BCUT2D eigenvalue weighted by Crippen LogP contribution is 2.21. The molecule has 138 valence electrons. The third kappa shape index (κ3) is 5.01. The van der Waals surface area contributed by atoms with Crippen molar-refractivity contribution >= 4 is 17.3 Å². The average Bonchev–Trinajstić information content (AvgIpc) is 2.67. The van der Waals surface area contributed by atoms with Crippen molar-refractivity contribution in [3.8, 4) is 5.75 Å². The van der Waals surface area contributed by atoms with Crippen LogP contribution in [-0.2, 0) is 11.4 Å². The van der Waals surface area contributed by atoms with E-state index in [2.05, 4.69) is 15.3 Å². The molecule has 0 bridgehead atoms. The third-order valence-corrected chi connectivity index (χ3v) is 3.61. The number of pyridine rings is 1. The summed E-state index contributed by atoms with van der Waals surface area (Å²) < 4.78 is 5.70. The number of aliphatic imine (C=N–C) groups is 1. The molecular formula is C18H22N4O4. The molecule has 2 rings (SSSR count). The fourth-order valence-corrected chi connectivity index (χ4v) is 2.22. The zero-order valence-corrected chi connectivity index (χ0v) is 14.4. The number of ether oxygens (including phenoxy) is 1. The SMILES string of the molecule is CN=C(C(=O)NC(CO)CO)c1cc(OCc2ccccn2)ccc1N. The fourth-order valence-electron chi connectivity index (χ4n) is 2.22. The van der Waals surface area contributed by atoms with E-state index in [1.165, 1.54) is 7.05 Å². The number of benzene rings is 1. The molecule has 1 amide bonds. The molecule has 0 atom stereocenters. The molecule has 0 aliphatic heterocycles. The Morgan fingerprint density at radius 3 is 2.69 bits per heavy atom. The number of aromatic nitrogens is 1. The molecule has 0 aliphatic carbocycles. The summed E-state index contributed by atoms with van der Waals surface area (Å²) in [4.78, 5) is 20.5. The second kappa shape index (κ2) is 9.50. The van der Waals surface area contributed by atoms with E-state index >= 15 is 0 Å². The Morgan fingerprint density at radius 1 is 1.31 bits per heavy atom. The van der Waals surface area contributed by atoms with Crippen LogP contribution in [0.3, 0.4) is 0 Å². The van der Waals surface area contributed by atoms with Gasteiger partial charge in [-0.2, -0.15) is 0 Å². The van der Waals surface area contributed by atoms with Crippen molar-refractivity contribution in [1.82, 2.24) is 10.3 Å². The van der Waals surface area contributed by atoms with Crippen LogP contribution in [0.1, 0.15) is 11.3 Å². The van der Waals surface area contributed by atoms with Gasteiger partial charge in [0.2, 0.25) is 0 Å². The number of carbonyl (C=O) groups excluding carboxylic acids is 1. The predicted molar refractivity (Wildman–Crippen MR) is 98.0 cm³/mol. The van der Waals surface area contributed by atoms with E-state index in [0.717, 1.165) is 5.69 Å². The van der Waals surface area contributed by atoms with E-state index in [4.69, 9.17) is 20.7 Å². The second-order valence-corrected chi connectivity index (χ2v) is 5.47. The molecule has 0 fully saturated rings. The van der Waals surface area contributed by atoms with E-state index in [-0.39, 0.29) is 25.5 Å². The molecule has 0 radical (unpaired) electrons. The minimum Gasteiger partial charge on any atom is -0.487 e. The Hall–Kier alpha value is -2.97. The van der Waals surface area contributed by atoms with Gasteiger partial charge in [0.15, 0.2) is 0 Å². The number of hydrogen-bond donors (Lipinski definition) is 4. The highest BCUT2D eigenvalue weighted by Gasteiger charge is 2.19. The highest BCUT2D eigenvalue weighted by atomic mass is 16.5. The van der Waals surface area contributed by atoms with Crippen LogP contribution in [0.4, 0.5) is 5.69 Å². The smallest absolute Gasteiger partial charge is 0.270 e. The van der Waals surface area contributed by atoms with Crippen LogP contribution >= 0.6 is 0 Å². The van der Waals surface area contributed by atoms with Gasteiger partial charge in [-0.3, -0.25) is 14.8 Å². The van der Waals surface area contributed by atoms with Gasteiger partial charge in [-0.25, -0.2) is 0 Å². The maximum atomic E-state index is 12.4. The van der Waals surface area contributed by atoms with Gasteiger partial charge < -0.3 is 26.0 Å². The summed E-state index contributed by atoms with van der Waals surface area (Å²) in [5.41, 5.74) is 7.58. The molecule has 0 spiro atoms. The number of amides is 1. The van der Waals surface area contributed by atoms with Gasteiger partial charge in [-0.15, -0.1) is 0 Å². The lowest BCUT2D eigenvalue weighted by molar-refractivity contribution is -0.116. The van der Waals surface area contributed by atoms with Crippen molar-refractivity contribution in [2.75, 3.05) is 26.0 Å². The van der Waals surface area contributed by atoms with Crippen LogP contribution in [0, 0.1) is 0 Å². The van der Waals surface area contributed by atoms with Gasteiger partial charge in [0.05, 0.1) is 24.9 Å². The van der Waals surface area contributed by atoms with Crippen molar-refractivity contribution in [3.63, 3.8) is 0 Å². The lowest BCUT2D eigenvalue weighted by Crippen LogP contribution is -2.43. The molecule has 5 N–H and O–H groups in total. The van der Waals surface area contributed by atoms with Crippen molar-refractivity contribution in [3.05, 3.63) is 53.9 Å². The molecule has 1 aromatic carbocycles. The highest BCUT2D eigenvalue weighted by molar-refractivity contribution is 6.46. The van der Waals surface area contributed by atoms with Gasteiger partial charge >= 0.3 is 0 Å². The molecule has 8 nitrogen and oxygen atoms in total. The molecule has 0 saturated heterocycles. The first-order valence-electron chi connectivity index (χ1n) is 8.01. The first-order chi connectivity index (χ1) is 12.6. The number of nitrogen functional groups attached to an aromatic ring is 1. The van der Waals surface area contributed by atoms with E-state index in [1.807, 2.05) is 18.2 Å². The molecule has 0 unspecified atom stereocenters. The second-order valence-electron chi connectivity index (χ2n) is 5.47. The number of aliphatic hydroxyl groups is 2. The molecular weight excluding hydrogens is 336 g/mol. The number of carbonyl (C=O) groups is 1. The lowest BCUT2D eigenvalue weighted by Gasteiger charge is -2.16. The number of nitrogens with two attached hydrogens (primary N) is 1. The summed E-state index contributed by atoms with van der Waals surface area (Å²) in [5.74, 6) is -0.0381. The van der Waals surface area contributed by atoms with Gasteiger partial charge in [-0.1, -0.05) is 6.07 Å². The number of aliphatic hydroxyl groups excluding tert-OH is 2. The zero-order valence-electron chi connectivity index (χ0n) is 14.4. The minimum atomic E-state index is -0.774. The van der Waals surface area contributed by atoms with Crippen LogP contribution in [-0.4, -0.2) is 53.1 Å². The van der Waals surface area contributed by atoms with Crippen molar-refractivity contribution in [2.45, 2.75) is 12.6 Å². The topological polar surface area (TPSA) is 130 Å². The zero-order chi connectivity index (χ0) is 18.9. The summed E-state index contributed by atoms with van der Waals surface area (Å²) in [6.07, 6.45) is 1.68. The van der Waals surface area contributed by atoms with Crippen LogP contribution in [0.2, 0.25) is 0 Å². The standard InChI is InChI=1S/C18H22N4O4/c1-20-17(18(25)22-13(9-23)10-24)15-8-14(5-6-16(15)19)26-11-12-4-2-3-7-21-12/h2-8,13,23-24H,9-11,19H2,1H3,(H,22,25). The Labute approximate surface area is 151 Å². The molecule has 0 saturated carbocycles. The van der Waals surface area contributed by atoms with Gasteiger partial charge in [0.1, 0.15) is 18.1 Å². The summed E-state index contributed by atoms with van der Waals surface area (Å²) in [6.45, 7) is -0.504. The average molecular weight is 358 g/mol.